The monoisotopic (exact) mass is 361 g/mol. The highest BCUT2D eigenvalue weighted by Crippen LogP contribution is 2.27. The summed E-state index contributed by atoms with van der Waals surface area (Å²) in [4.78, 5) is 4.34. The average Bonchev–Trinajstić information content (AvgIpc) is 3.21. The fourth-order valence-corrected chi connectivity index (χ4v) is 2.93. The Bertz CT molecular complexity index is 822. The Morgan fingerprint density at radius 2 is 1.92 bits per heavy atom. The highest BCUT2D eigenvalue weighted by Gasteiger charge is 2.19. The van der Waals surface area contributed by atoms with E-state index in [4.69, 9.17) is 4.52 Å². The molecule has 0 bridgehead atoms. The number of aryl methyl sites for hydroxylation is 1. The van der Waals surface area contributed by atoms with Crippen molar-refractivity contribution in [3.05, 3.63) is 41.0 Å². The first kappa shape index (κ1) is 17.5. The highest BCUT2D eigenvalue weighted by molar-refractivity contribution is 7.15. The molecule has 6 nitrogen and oxygen atoms in total. The minimum absolute atomic E-state index is 0.0120. The van der Waals surface area contributed by atoms with Gasteiger partial charge in [-0.15, -0.1) is 10.2 Å². The lowest BCUT2D eigenvalue weighted by Crippen LogP contribution is -2.10. The van der Waals surface area contributed by atoms with Gasteiger partial charge in [-0.2, -0.15) is 4.98 Å². The Kier molecular flexibility index (Phi) is 5.08. The number of aromatic nitrogens is 4. The number of hydrogen-bond acceptors (Lipinski definition) is 7. The second-order valence-corrected chi connectivity index (χ2v) is 7.69. The molecule has 0 aliphatic carbocycles. The van der Waals surface area contributed by atoms with Crippen LogP contribution in [-0.2, 0) is 11.8 Å². The molecule has 0 aliphatic rings. The van der Waals surface area contributed by atoms with Crippen LogP contribution in [-0.4, -0.2) is 26.9 Å². The van der Waals surface area contributed by atoms with E-state index in [2.05, 4.69) is 46.4 Å². The molecule has 0 fully saturated rings. The normalized spacial score (nSPS) is 11.7. The number of halogens is 1. The SMILES string of the molecule is CC(C)(C)c1nnc(NCCCc2nc(-c3ccc(F)cc3)no2)s1. The molecule has 8 heteroatoms. The zero-order valence-corrected chi connectivity index (χ0v) is 15.2. The summed E-state index contributed by atoms with van der Waals surface area (Å²) in [6.07, 6.45) is 1.49. The molecule has 0 atom stereocenters. The van der Waals surface area contributed by atoms with Gasteiger partial charge in [0.15, 0.2) is 0 Å². The van der Waals surface area contributed by atoms with Crippen molar-refractivity contribution < 1.29 is 8.91 Å². The van der Waals surface area contributed by atoms with Crippen LogP contribution in [0.1, 0.15) is 38.1 Å². The summed E-state index contributed by atoms with van der Waals surface area (Å²) < 4.78 is 18.2. The lowest BCUT2D eigenvalue weighted by Gasteiger charge is -2.12. The number of nitrogens with one attached hydrogen (secondary N) is 1. The molecule has 132 valence electrons. The van der Waals surface area contributed by atoms with Crippen molar-refractivity contribution >= 4 is 16.5 Å². The quantitative estimate of drug-likeness (QED) is 0.667. The second kappa shape index (κ2) is 7.26. The van der Waals surface area contributed by atoms with Crippen molar-refractivity contribution in [2.45, 2.75) is 39.0 Å². The molecule has 3 rings (SSSR count). The van der Waals surface area contributed by atoms with Gasteiger partial charge in [0.1, 0.15) is 10.8 Å². The predicted molar refractivity (Wildman–Crippen MR) is 95.1 cm³/mol. The zero-order valence-electron chi connectivity index (χ0n) is 14.4. The summed E-state index contributed by atoms with van der Waals surface area (Å²) in [6.45, 7) is 7.09. The van der Waals surface area contributed by atoms with Gasteiger partial charge in [-0.25, -0.2) is 4.39 Å². The van der Waals surface area contributed by atoms with Crippen molar-refractivity contribution in [3.63, 3.8) is 0 Å². The molecule has 0 unspecified atom stereocenters. The maximum Gasteiger partial charge on any atom is 0.227 e. The number of benzene rings is 1. The number of nitrogens with zero attached hydrogens (tertiary/aromatic N) is 4. The summed E-state index contributed by atoms with van der Waals surface area (Å²) in [5, 5.41) is 17.4. The van der Waals surface area contributed by atoms with Gasteiger partial charge in [-0.3, -0.25) is 0 Å². The first-order chi connectivity index (χ1) is 11.9. The van der Waals surface area contributed by atoms with E-state index in [0.29, 0.717) is 18.1 Å². The molecule has 2 heterocycles. The summed E-state index contributed by atoms with van der Waals surface area (Å²) in [6, 6.07) is 6.02. The number of hydrogen-bond donors (Lipinski definition) is 1. The third-order valence-electron chi connectivity index (χ3n) is 3.48. The molecule has 0 spiro atoms. The number of anilines is 1. The molecule has 3 aromatic rings. The minimum atomic E-state index is -0.287. The Hall–Kier alpha value is -2.35. The van der Waals surface area contributed by atoms with E-state index in [1.807, 2.05) is 0 Å². The fourth-order valence-electron chi connectivity index (χ4n) is 2.11. The zero-order chi connectivity index (χ0) is 17.9. The van der Waals surface area contributed by atoms with E-state index in [9.17, 15) is 4.39 Å². The Morgan fingerprint density at radius 1 is 1.16 bits per heavy atom. The Balaban J connectivity index is 1.48. The van der Waals surface area contributed by atoms with Crippen LogP contribution in [0, 0.1) is 5.82 Å². The Labute approximate surface area is 149 Å². The van der Waals surface area contributed by atoms with Gasteiger partial charge >= 0.3 is 0 Å². The van der Waals surface area contributed by atoms with Crippen LogP contribution in [0.5, 0.6) is 0 Å². The van der Waals surface area contributed by atoms with Gasteiger partial charge in [0.25, 0.3) is 0 Å². The van der Waals surface area contributed by atoms with Gasteiger partial charge in [-0.05, 0) is 30.7 Å². The molecule has 0 radical (unpaired) electrons. The van der Waals surface area contributed by atoms with Crippen LogP contribution in [0.4, 0.5) is 9.52 Å². The van der Waals surface area contributed by atoms with Crippen LogP contribution in [0.15, 0.2) is 28.8 Å². The molecule has 1 aromatic carbocycles. The molecule has 1 N–H and O–H groups in total. The van der Waals surface area contributed by atoms with Crippen molar-refractivity contribution in [1.29, 1.82) is 0 Å². The fraction of sp³-hybridized carbons (Fsp3) is 0.412. The van der Waals surface area contributed by atoms with Gasteiger partial charge in [-0.1, -0.05) is 37.3 Å². The van der Waals surface area contributed by atoms with E-state index in [1.165, 1.54) is 12.1 Å². The van der Waals surface area contributed by atoms with Gasteiger partial charge < -0.3 is 9.84 Å². The topological polar surface area (TPSA) is 76.7 Å². The van der Waals surface area contributed by atoms with E-state index in [1.54, 1.807) is 23.5 Å². The van der Waals surface area contributed by atoms with Crippen LogP contribution >= 0.6 is 11.3 Å². The van der Waals surface area contributed by atoms with E-state index in [-0.39, 0.29) is 11.2 Å². The second-order valence-electron chi connectivity index (χ2n) is 6.71. The van der Waals surface area contributed by atoms with Gasteiger partial charge in [0.05, 0.1) is 0 Å². The number of rotatable bonds is 6. The molecule has 25 heavy (non-hydrogen) atoms. The first-order valence-corrected chi connectivity index (χ1v) is 8.90. The first-order valence-electron chi connectivity index (χ1n) is 8.08. The van der Waals surface area contributed by atoms with Crippen molar-refractivity contribution in [1.82, 2.24) is 20.3 Å². The molecule has 0 amide bonds. The molecular weight excluding hydrogens is 341 g/mol. The maximum absolute atomic E-state index is 12.9. The molecule has 0 aliphatic heterocycles. The maximum atomic E-state index is 12.9. The van der Waals surface area contributed by atoms with Crippen LogP contribution in [0.25, 0.3) is 11.4 Å². The summed E-state index contributed by atoms with van der Waals surface area (Å²) in [5.41, 5.74) is 0.746. The summed E-state index contributed by atoms with van der Waals surface area (Å²) in [7, 11) is 0. The van der Waals surface area contributed by atoms with E-state index >= 15 is 0 Å². The lowest BCUT2D eigenvalue weighted by molar-refractivity contribution is 0.377. The predicted octanol–water partition coefficient (Wildman–Crippen LogP) is 4.07. The van der Waals surface area contributed by atoms with E-state index < -0.39 is 0 Å². The average molecular weight is 361 g/mol. The third-order valence-corrected chi connectivity index (χ3v) is 4.79. The van der Waals surface area contributed by atoms with Crippen LogP contribution in [0.3, 0.4) is 0 Å². The highest BCUT2D eigenvalue weighted by atomic mass is 32.1. The van der Waals surface area contributed by atoms with Crippen molar-refractivity contribution in [3.8, 4) is 11.4 Å². The molecule has 2 aromatic heterocycles. The van der Waals surface area contributed by atoms with Gasteiger partial charge in [0, 0.05) is 23.9 Å². The van der Waals surface area contributed by atoms with Crippen LogP contribution in [0.2, 0.25) is 0 Å². The summed E-state index contributed by atoms with van der Waals surface area (Å²) in [5.74, 6) is 0.750. The van der Waals surface area contributed by atoms with Crippen LogP contribution < -0.4 is 5.32 Å². The van der Waals surface area contributed by atoms with Gasteiger partial charge in [0.2, 0.25) is 16.8 Å². The molecular formula is C17H20FN5OS. The Morgan fingerprint density at radius 3 is 2.60 bits per heavy atom. The standard InChI is InChI=1S/C17H20FN5OS/c1-17(2,3)15-21-22-16(25-15)19-10-4-5-13-20-14(23-24-13)11-6-8-12(18)9-7-11/h6-9H,4-5,10H2,1-3H3,(H,19,22). The molecule has 0 saturated heterocycles. The van der Waals surface area contributed by atoms with Crippen molar-refractivity contribution in [2.24, 2.45) is 0 Å². The largest absolute Gasteiger partial charge is 0.360 e. The minimum Gasteiger partial charge on any atom is -0.360 e. The van der Waals surface area contributed by atoms with E-state index in [0.717, 1.165) is 28.7 Å². The molecule has 0 saturated carbocycles. The third kappa shape index (κ3) is 4.60. The van der Waals surface area contributed by atoms with Crippen molar-refractivity contribution in [2.75, 3.05) is 11.9 Å². The summed E-state index contributed by atoms with van der Waals surface area (Å²) >= 11 is 1.57. The lowest BCUT2D eigenvalue weighted by atomic mass is 9.98. The smallest absolute Gasteiger partial charge is 0.227 e.